The number of sulfonamides is 1. The summed E-state index contributed by atoms with van der Waals surface area (Å²) in [7, 11) is -1.03. The summed E-state index contributed by atoms with van der Waals surface area (Å²) in [5.74, 6) is -1.28. The summed E-state index contributed by atoms with van der Waals surface area (Å²) in [5.41, 5.74) is 4.47. The number of hydrogen-bond acceptors (Lipinski definition) is 6. The minimum Gasteiger partial charge on any atom is -0.478 e. The first kappa shape index (κ1) is 21.7. The summed E-state index contributed by atoms with van der Waals surface area (Å²) in [4.78, 5) is 11.7. The van der Waals surface area contributed by atoms with Crippen molar-refractivity contribution in [2.75, 3.05) is 24.6 Å². The van der Waals surface area contributed by atoms with E-state index in [0.29, 0.717) is 10.7 Å². The smallest absolute Gasteiger partial charge is 0.338 e. The van der Waals surface area contributed by atoms with Gasteiger partial charge >= 0.3 is 5.97 Å². The Morgan fingerprint density at radius 2 is 1.89 bits per heavy atom. The van der Waals surface area contributed by atoms with Gasteiger partial charge in [-0.25, -0.2) is 17.5 Å². The molecule has 0 bridgehead atoms. The highest BCUT2D eigenvalue weighted by molar-refractivity contribution is 7.89. The number of halogens is 1. The maximum atomic E-state index is 12.3. The highest BCUT2D eigenvalue weighted by atomic mass is 35.5. The molecule has 0 unspecified atom stereocenters. The van der Waals surface area contributed by atoms with Gasteiger partial charge in [0.15, 0.2) is 0 Å². The van der Waals surface area contributed by atoms with Gasteiger partial charge in [-0.05, 0) is 55.8 Å². The van der Waals surface area contributed by atoms with Crippen LogP contribution in [0.1, 0.15) is 22.8 Å². The number of nitrogens with one attached hydrogen (secondary N) is 1. The molecule has 10 heteroatoms. The molecule has 0 heterocycles. The zero-order valence-electron chi connectivity index (χ0n) is 15.8. The molecule has 0 spiro atoms. The van der Waals surface area contributed by atoms with E-state index in [4.69, 9.17) is 11.6 Å². The summed E-state index contributed by atoms with van der Waals surface area (Å²) in [6, 6.07) is 9.03. The Hall–Kier alpha value is -2.62. The van der Waals surface area contributed by atoms with E-state index in [1.165, 1.54) is 37.6 Å². The number of benzene rings is 2. The minimum absolute atomic E-state index is 0.123. The molecule has 0 aliphatic rings. The normalized spacial score (nSPS) is 11.8. The Labute approximate surface area is 169 Å². The van der Waals surface area contributed by atoms with Crippen LogP contribution in [0.5, 0.6) is 0 Å². The van der Waals surface area contributed by atoms with E-state index in [-0.39, 0.29) is 16.1 Å². The van der Waals surface area contributed by atoms with Crippen LogP contribution >= 0.6 is 11.6 Å². The standard InChI is InChI=1S/C18H21ClN4O4S/c1-5-20-23(21-16-8-6-13(19)10-12(16)2)17-9-7-14(11-15(17)18(24)25)28(26,27)22(3)4/h5-11,21H,1-4H3,(H,24,25). The number of anilines is 2. The molecule has 2 rings (SSSR count). The van der Waals surface area contributed by atoms with E-state index in [0.717, 1.165) is 15.9 Å². The van der Waals surface area contributed by atoms with Gasteiger partial charge in [-0.1, -0.05) is 11.6 Å². The largest absolute Gasteiger partial charge is 0.478 e. The van der Waals surface area contributed by atoms with Crippen LogP contribution in [-0.2, 0) is 10.0 Å². The second-order valence-corrected chi connectivity index (χ2v) is 8.62. The second-order valence-electron chi connectivity index (χ2n) is 6.03. The molecule has 0 fully saturated rings. The first-order valence-electron chi connectivity index (χ1n) is 8.19. The van der Waals surface area contributed by atoms with Crippen LogP contribution in [-0.4, -0.2) is 44.1 Å². The van der Waals surface area contributed by atoms with Gasteiger partial charge in [-0.3, -0.25) is 5.43 Å². The third kappa shape index (κ3) is 4.61. The molecule has 2 aromatic carbocycles. The zero-order chi connectivity index (χ0) is 21.1. The molecule has 0 radical (unpaired) electrons. The summed E-state index contributed by atoms with van der Waals surface area (Å²) < 4.78 is 25.7. The van der Waals surface area contributed by atoms with Gasteiger partial charge in [-0.15, -0.1) is 0 Å². The van der Waals surface area contributed by atoms with Gasteiger partial charge in [0.05, 0.1) is 21.8 Å². The number of aryl methyl sites for hydroxylation is 1. The molecule has 8 nitrogen and oxygen atoms in total. The number of carboxylic acids is 1. The van der Waals surface area contributed by atoms with Crippen molar-refractivity contribution in [3.8, 4) is 0 Å². The minimum atomic E-state index is -3.78. The molecule has 0 atom stereocenters. The first-order valence-corrected chi connectivity index (χ1v) is 10.0. The van der Waals surface area contributed by atoms with Crippen molar-refractivity contribution in [1.29, 1.82) is 0 Å². The Morgan fingerprint density at radius 3 is 2.43 bits per heavy atom. The van der Waals surface area contributed by atoms with Gasteiger partial charge in [0, 0.05) is 25.3 Å². The Kier molecular flexibility index (Phi) is 6.65. The van der Waals surface area contributed by atoms with E-state index in [2.05, 4.69) is 10.5 Å². The average molecular weight is 425 g/mol. The summed E-state index contributed by atoms with van der Waals surface area (Å²) >= 11 is 5.97. The van der Waals surface area contributed by atoms with Gasteiger partial charge < -0.3 is 5.11 Å². The lowest BCUT2D eigenvalue weighted by Gasteiger charge is -2.24. The predicted octanol–water partition coefficient (Wildman–Crippen LogP) is 3.44. The van der Waals surface area contributed by atoms with Crippen LogP contribution in [0.3, 0.4) is 0 Å². The Morgan fingerprint density at radius 1 is 1.21 bits per heavy atom. The molecule has 0 saturated heterocycles. The van der Waals surface area contributed by atoms with Gasteiger partial charge in [-0.2, -0.15) is 10.2 Å². The molecule has 0 amide bonds. The van der Waals surface area contributed by atoms with E-state index in [9.17, 15) is 18.3 Å². The van der Waals surface area contributed by atoms with Crippen LogP contribution in [0.4, 0.5) is 11.4 Å². The van der Waals surface area contributed by atoms with Gasteiger partial charge in [0.2, 0.25) is 10.0 Å². The molecule has 150 valence electrons. The molecule has 28 heavy (non-hydrogen) atoms. The zero-order valence-corrected chi connectivity index (χ0v) is 17.4. The van der Waals surface area contributed by atoms with E-state index < -0.39 is 16.0 Å². The quantitative estimate of drug-likeness (QED) is 0.521. The number of hydrazone groups is 1. The Bertz CT molecular complexity index is 1020. The third-order valence-corrected chi connectivity index (χ3v) is 5.90. The summed E-state index contributed by atoms with van der Waals surface area (Å²) in [5, 5.41) is 15.6. The highest BCUT2D eigenvalue weighted by Crippen LogP contribution is 2.28. The topological polar surface area (TPSA) is 102 Å². The molecular weight excluding hydrogens is 404 g/mol. The fraction of sp³-hybridized carbons (Fsp3) is 0.222. The van der Waals surface area contributed by atoms with Crippen molar-refractivity contribution in [2.24, 2.45) is 5.10 Å². The number of hydrazine groups is 1. The van der Waals surface area contributed by atoms with Crippen molar-refractivity contribution >= 4 is 45.2 Å². The highest BCUT2D eigenvalue weighted by Gasteiger charge is 2.23. The second kappa shape index (κ2) is 8.59. The lowest BCUT2D eigenvalue weighted by molar-refractivity contribution is 0.0697. The van der Waals surface area contributed by atoms with Gasteiger partial charge in [0.25, 0.3) is 0 Å². The van der Waals surface area contributed by atoms with Gasteiger partial charge in [0.1, 0.15) is 0 Å². The number of hydrogen-bond donors (Lipinski definition) is 2. The van der Waals surface area contributed by atoms with E-state index >= 15 is 0 Å². The SMILES string of the molecule is CC=NN(Nc1ccc(Cl)cc1C)c1ccc(S(=O)(=O)N(C)C)cc1C(=O)O. The fourth-order valence-electron chi connectivity index (χ4n) is 2.38. The molecular formula is C18H21ClN4O4S. The third-order valence-electron chi connectivity index (χ3n) is 3.85. The number of carbonyl (C=O) groups is 1. The molecule has 2 aromatic rings. The van der Waals surface area contributed by atoms with Crippen molar-refractivity contribution in [3.63, 3.8) is 0 Å². The van der Waals surface area contributed by atoms with Crippen LogP contribution in [0.15, 0.2) is 46.4 Å². The van der Waals surface area contributed by atoms with Crippen molar-refractivity contribution in [1.82, 2.24) is 4.31 Å². The van der Waals surface area contributed by atoms with Crippen molar-refractivity contribution in [2.45, 2.75) is 18.7 Å². The maximum Gasteiger partial charge on any atom is 0.338 e. The first-order chi connectivity index (χ1) is 13.1. The average Bonchev–Trinajstić information content (AvgIpc) is 2.62. The summed E-state index contributed by atoms with van der Waals surface area (Å²) in [6.07, 6.45) is 1.48. The predicted molar refractivity (Wildman–Crippen MR) is 111 cm³/mol. The van der Waals surface area contributed by atoms with E-state index in [1.807, 2.05) is 6.92 Å². The van der Waals surface area contributed by atoms with E-state index in [1.54, 1.807) is 25.1 Å². The Balaban J connectivity index is 2.56. The van der Waals surface area contributed by atoms with Crippen LogP contribution in [0, 0.1) is 6.92 Å². The molecule has 0 aromatic heterocycles. The molecule has 0 saturated carbocycles. The summed E-state index contributed by atoms with van der Waals surface area (Å²) in [6.45, 7) is 3.52. The molecule has 0 aliphatic heterocycles. The number of rotatable bonds is 7. The molecule has 0 aliphatic carbocycles. The lowest BCUT2D eigenvalue weighted by atomic mass is 10.2. The maximum absolute atomic E-state index is 12.3. The molecule has 2 N–H and O–H groups in total. The van der Waals surface area contributed by atoms with Crippen molar-refractivity contribution in [3.05, 3.63) is 52.5 Å². The lowest BCUT2D eigenvalue weighted by Crippen LogP contribution is -2.27. The van der Waals surface area contributed by atoms with Crippen LogP contribution in [0.25, 0.3) is 0 Å². The number of aromatic carboxylic acids is 1. The number of nitrogens with zero attached hydrogens (tertiary/aromatic N) is 3. The van der Waals surface area contributed by atoms with Crippen LogP contribution in [0.2, 0.25) is 5.02 Å². The van der Waals surface area contributed by atoms with Crippen LogP contribution < -0.4 is 10.5 Å². The monoisotopic (exact) mass is 424 g/mol. The number of carboxylic acid groups (broad SMARTS) is 1. The fourth-order valence-corrected chi connectivity index (χ4v) is 3.53. The van der Waals surface area contributed by atoms with Crippen molar-refractivity contribution < 1.29 is 18.3 Å².